The Labute approximate surface area is 82.5 Å². The van der Waals surface area contributed by atoms with Crippen LogP contribution < -0.4 is 4.74 Å². The van der Waals surface area contributed by atoms with Gasteiger partial charge in [-0.05, 0) is 49.3 Å². The molecule has 14 heavy (non-hydrogen) atoms. The van der Waals surface area contributed by atoms with Crippen molar-refractivity contribution in [3.63, 3.8) is 0 Å². The molecule has 1 nitrogen and oxygen atoms in total. The van der Waals surface area contributed by atoms with Crippen LogP contribution in [-0.4, -0.2) is 0 Å². The largest absolute Gasteiger partial charge is 0.458 e. The van der Waals surface area contributed by atoms with Gasteiger partial charge in [-0.25, -0.2) is 4.39 Å². The third-order valence-corrected chi connectivity index (χ3v) is 1.90. The van der Waals surface area contributed by atoms with E-state index in [0.29, 0.717) is 5.75 Å². The average Bonchev–Trinajstić information content (AvgIpc) is 2.23. The Bertz CT molecular complexity index is 362. The highest BCUT2D eigenvalue weighted by molar-refractivity contribution is 5.29. The minimum atomic E-state index is -0.251. The summed E-state index contributed by atoms with van der Waals surface area (Å²) in [5, 5.41) is 0. The lowest BCUT2D eigenvalue weighted by Crippen LogP contribution is -1.95. The maximum absolute atomic E-state index is 12.6. The molecule has 0 unspecified atom stereocenters. The van der Waals surface area contributed by atoms with E-state index in [1.807, 2.05) is 24.6 Å². The molecule has 1 aromatic carbocycles. The molecule has 2 heteroatoms. The lowest BCUT2D eigenvalue weighted by Gasteiger charge is -2.08. The monoisotopic (exact) mass is 189 g/mol. The van der Waals surface area contributed by atoms with E-state index in [-0.39, 0.29) is 5.82 Å². The molecule has 0 aliphatic heterocycles. The predicted octanol–water partition coefficient (Wildman–Crippen LogP) is 3.25. The van der Waals surface area contributed by atoms with Crippen LogP contribution in [0.25, 0.3) is 0 Å². The SMILES string of the molecule is Fc1ccc(OC2=CC[CH]C=C2)cc1. The third-order valence-electron chi connectivity index (χ3n) is 1.90. The van der Waals surface area contributed by atoms with Gasteiger partial charge in [-0.1, -0.05) is 6.08 Å². The summed E-state index contributed by atoms with van der Waals surface area (Å²) in [5.41, 5.74) is 0. The Morgan fingerprint density at radius 3 is 2.57 bits per heavy atom. The van der Waals surface area contributed by atoms with Crippen molar-refractivity contribution in [1.29, 1.82) is 0 Å². The summed E-state index contributed by atoms with van der Waals surface area (Å²) in [4.78, 5) is 0. The Morgan fingerprint density at radius 2 is 1.93 bits per heavy atom. The van der Waals surface area contributed by atoms with E-state index in [1.165, 1.54) is 12.1 Å². The van der Waals surface area contributed by atoms with Crippen LogP contribution in [0.15, 0.2) is 48.3 Å². The van der Waals surface area contributed by atoms with Crippen molar-refractivity contribution >= 4 is 0 Å². The Balaban J connectivity index is 2.07. The summed E-state index contributed by atoms with van der Waals surface area (Å²) in [5.74, 6) is 1.21. The van der Waals surface area contributed by atoms with Gasteiger partial charge in [-0.2, -0.15) is 0 Å². The Morgan fingerprint density at radius 1 is 1.14 bits per heavy atom. The van der Waals surface area contributed by atoms with Crippen LogP contribution in [0, 0.1) is 12.2 Å². The van der Waals surface area contributed by atoms with Gasteiger partial charge in [0.15, 0.2) is 0 Å². The Hall–Kier alpha value is -1.57. The molecule has 0 saturated heterocycles. The van der Waals surface area contributed by atoms with Crippen LogP contribution in [-0.2, 0) is 0 Å². The van der Waals surface area contributed by atoms with Gasteiger partial charge in [0.05, 0.1) is 0 Å². The first kappa shape index (κ1) is 9.00. The summed E-state index contributed by atoms with van der Waals surface area (Å²) in [7, 11) is 0. The van der Waals surface area contributed by atoms with Gasteiger partial charge in [0.25, 0.3) is 0 Å². The second-order valence-electron chi connectivity index (χ2n) is 2.99. The molecule has 0 fully saturated rings. The lowest BCUT2D eigenvalue weighted by atomic mass is 10.2. The molecule has 0 atom stereocenters. The lowest BCUT2D eigenvalue weighted by molar-refractivity contribution is 0.439. The molecule has 0 spiro atoms. The van der Waals surface area contributed by atoms with E-state index in [0.717, 1.165) is 12.2 Å². The van der Waals surface area contributed by atoms with Crippen molar-refractivity contribution in [2.75, 3.05) is 0 Å². The first-order valence-electron chi connectivity index (χ1n) is 4.48. The van der Waals surface area contributed by atoms with Gasteiger partial charge in [0.1, 0.15) is 17.3 Å². The van der Waals surface area contributed by atoms with Crippen LogP contribution in [0.2, 0.25) is 0 Å². The van der Waals surface area contributed by atoms with E-state index in [9.17, 15) is 4.39 Å². The first-order valence-corrected chi connectivity index (χ1v) is 4.48. The molecule has 0 heterocycles. The molecule has 2 rings (SSSR count). The normalized spacial score (nSPS) is 15.1. The van der Waals surface area contributed by atoms with Gasteiger partial charge in [-0.3, -0.25) is 0 Å². The van der Waals surface area contributed by atoms with Gasteiger partial charge < -0.3 is 4.74 Å². The third kappa shape index (κ3) is 2.22. The number of ether oxygens (including phenoxy) is 1. The summed E-state index contributed by atoms with van der Waals surface area (Å²) < 4.78 is 18.1. The number of allylic oxidation sites excluding steroid dienone is 3. The van der Waals surface area contributed by atoms with Crippen molar-refractivity contribution in [2.45, 2.75) is 6.42 Å². The van der Waals surface area contributed by atoms with Crippen LogP contribution >= 0.6 is 0 Å². The van der Waals surface area contributed by atoms with Crippen molar-refractivity contribution in [1.82, 2.24) is 0 Å². The van der Waals surface area contributed by atoms with Gasteiger partial charge in [0, 0.05) is 0 Å². The van der Waals surface area contributed by atoms with Crippen LogP contribution in [0.3, 0.4) is 0 Å². The molecule has 71 valence electrons. The second-order valence-corrected chi connectivity index (χ2v) is 2.99. The molecule has 1 aromatic rings. The topological polar surface area (TPSA) is 9.23 Å². The van der Waals surface area contributed by atoms with Crippen molar-refractivity contribution in [2.24, 2.45) is 0 Å². The summed E-state index contributed by atoms with van der Waals surface area (Å²) >= 11 is 0. The smallest absolute Gasteiger partial charge is 0.127 e. The molecule has 0 bridgehead atoms. The number of hydrogen-bond donors (Lipinski definition) is 0. The van der Waals surface area contributed by atoms with Gasteiger partial charge in [-0.15, -0.1) is 0 Å². The van der Waals surface area contributed by atoms with E-state index < -0.39 is 0 Å². The van der Waals surface area contributed by atoms with Crippen molar-refractivity contribution in [3.8, 4) is 5.75 Å². The number of halogens is 1. The fraction of sp³-hybridized carbons (Fsp3) is 0.0833. The van der Waals surface area contributed by atoms with Crippen LogP contribution in [0.5, 0.6) is 5.75 Å². The highest BCUT2D eigenvalue weighted by Crippen LogP contribution is 2.17. The molecular weight excluding hydrogens is 179 g/mol. The molecule has 0 saturated carbocycles. The number of hydrogen-bond acceptors (Lipinski definition) is 1. The molecule has 1 aliphatic rings. The van der Waals surface area contributed by atoms with E-state index in [1.54, 1.807) is 12.1 Å². The molecule has 1 aliphatic carbocycles. The number of benzene rings is 1. The van der Waals surface area contributed by atoms with Crippen LogP contribution in [0.4, 0.5) is 4.39 Å². The van der Waals surface area contributed by atoms with E-state index in [2.05, 4.69) is 0 Å². The molecule has 0 aromatic heterocycles. The summed E-state index contributed by atoms with van der Waals surface area (Å²) in [6.45, 7) is 0. The predicted molar refractivity (Wildman–Crippen MR) is 53.2 cm³/mol. The summed E-state index contributed by atoms with van der Waals surface area (Å²) in [6.07, 6.45) is 8.72. The van der Waals surface area contributed by atoms with E-state index in [4.69, 9.17) is 4.74 Å². The quantitative estimate of drug-likeness (QED) is 0.693. The molecule has 1 radical (unpaired) electrons. The fourth-order valence-electron chi connectivity index (χ4n) is 1.21. The Kier molecular flexibility index (Phi) is 2.63. The van der Waals surface area contributed by atoms with Crippen LogP contribution in [0.1, 0.15) is 6.42 Å². The van der Waals surface area contributed by atoms with Crippen molar-refractivity contribution in [3.05, 3.63) is 60.5 Å². The molecular formula is C12H10FO. The zero-order chi connectivity index (χ0) is 9.80. The minimum absolute atomic E-state index is 0.251. The standard InChI is InChI=1S/C12H10FO/c13-10-6-8-12(9-7-10)14-11-4-2-1-3-5-11/h1-2,4-9H,3H2. The zero-order valence-corrected chi connectivity index (χ0v) is 7.61. The molecule has 0 N–H and O–H groups in total. The highest BCUT2D eigenvalue weighted by atomic mass is 19.1. The molecule has 0 amide bonds. The van der Waals surface area contributed by atoms with Gasteiger partial charge >= 0.3 is 0 Å². The fourth-order valence-corrected chi connectivity index (χ4v) is 1.21. The first-order chi connectivity index (χ1) is 6.84. The summed E-state index contributed by atoms with van der Waals surface area (Å²) in [6, 6.07) is 5.99. The van der Waals surface area contributed by atoms with Crippen molar-refractivity contribution < 1.29 is 9.13 Å². The highest BCUT2D eigenvalue weighted by Gasteiger charge is 2.00. The number of rotatable bonds is 2. The second kappa shape index (κ2) is 4.09. The average molecular weight is 189 g/mol. The van der Waals surface area contributed by atoms with Gasteiger partial charge in [0.2, 0.25) is 0 Å². The zero-order valence-electron chi connectivity index (χ0n) is 7.61. The van der Waals surface area contributed by atoms with E-state index >= 15 is 0 Å². The maximum atomic E-state index is 12.6. The minimum Gasteiger partial charge on any atom is -0.458 e. The maximum Gasteiger partial charge on any atom is 0.127 e.